The van der Waals surface area contributed by atoms with Crippen molar-refractivity contribution in [3.8, 4) is 0 Å². The average molecular weight is 411 g/mol. The molecule has 2 unspecified atom stereocenters. The van der Waals surface area contributed by atoms with E-state index in [4.69, 9.17) is 0 Å². The van der Waals surface area contributed by atoms with Crippen molar-refractivity contribution in [1.29, 1.82) is 0 Å². The van der Waals surface area contributed by atoms with Crippen molar-refractivity contribution in [2.75, 3.05) is 19.6 Å². The third-order valence-electron chi connectivity index (χ3n) is 5.71. The Kier molecular flexibility index (Phi) is 4.38. The maximum atomic E-state index is 12.8. The van der Waals surface area contributed by atoms with E-state index < -0.39 is 10.0 Å². The van der Waals surface area contributed by atoms with Gasteiger partial charge in [-0.15, -0.1) is 0 Å². The standard InChI is InChI=1S/C20H21N5O3S/c26-20(15-3-6-19-21-7-8-24(19)11-15)23-9-14-1-4-17(5-2-14)29(27,28)25-12-16-10-22-18(16)13-25/h1-8,11,16,18,22H,9-10,12-13H2,(H,23,26). The van der Waals surface area contributed by atoms with Crippen LogP contribution in [-0.2, 0) is 16.6 Å². The summed E-state index contributed by atoms with van der Waals surface area (Å²) in [6.45, 7) is 2.33. The summed E-state index contributed by atoms with van der Waals surface area (Å²) in [4.78, 5) is 16.8. The van der Waals surface area contributed by atoms with Gasteiger partial charge in [-0.05, 0) is 29.8 Å². The summed E-state index contributed by atoms with van der Waals surface area (Å²) < 4.78 is 29.0. The van der Waals surface area contributed by atoms with Crippen molar-refractivity contribution < 1.29 is 13.2 Å². The van der Waals surface area contributed by atoms with E-state index in [-0.39, 0.29) is 5.91 Å². The van der Waals surface area contributed by atoms with Gasteiger partial charge in [0.2, 0.25) is 10.0 Å². The monoisotopic (exact) mass is 411 g/mol. The van der Waals surface area contributed by atoms with E-state index in [0.717, 1.165) is 17.8 Å². The lowest BCUT2D eigenvalue weighted by atomic mass is 9.96. The number of fused-ring (bicyclic) bond motifs is 2. The number of sulfonamides is 1. The predicted octanol–water partition coefficient (Wildman–Crippen LogP) is 0.857. The zero-order valence-electron chi connectivity index (χ0n) is 15.7. The number of aromatic nitrogens is 2. The fourth-order valence-corrected chi connectivity index (χ4v) is 5.40. The van der Waals surface area contributed by atoms with Gasteiger partial charge in [-0.3, -0.25) is 4.79 Å². The number of carbonyl (C=O) groups is 1. The van der Waals surface area contributed by atoms with Crippen LogP contribution in [0.15, 0.2) is 59.9 Å². The Hall–Kier alpha value is -2.75. The van der Waals surface area contributed by atoms with E-state index in [0.29, 0.717) is 42.1 Å². The molecule has 3 aromatic rings. The molecule has 0 radical (unpaired) electrons. The first-order valence-electron chi connectivity index (χ1n) is 9.54. The van der Waals surface area contributed by atoms with Gasteiger partial charge in [0.15, 0.2) is 0 Å². The van der Waals surface area contributed by atoms with Crippen LogP contribution >= 0.6 is 0 Å². The number of hydrogen-bond acceptors (Lipinski definition) is 5. The topological polar surface area (TPSA) is 95.8 Å². The fraction of sp³-hybridized carbons (Fsp3) is 0.300. The smallest absolute Gasteiger partial charge is 0.253 e. The fourth-order valence-electron chi connectivity index (χ4n) is 3.88. The normalized spacial score (nSPS) is 21.7. The molecular weight excluding hydrogens is 390 g/mol. The molecule has 4 heterocycles. The number of nitrogens with zero attached hydrogens (tertiary/aromatic N) is 3. The highest BCUT2D eigenvalue weighted by molar-refractivity contribution is 7.89. The predicted molar refractivity (Wildman–Crippen MR) is 107 cm³/mol. The zero-order chi connectivity index (χ0) is 20.0. The number of benzene rings is 1. The number of imidazole rings is 1. The van der Waals surface area contributed by atoms with Crippen LogP contribution in [0.25, 0.3) is 5.65 Å². The van der Waals surface area contributed by atoms with E-state index in [1.165, 1.54) is 0 Å². The average Bonchev–Trinajstić information content (AvgIpc) is 3.30. The molecule has 0 saturated carbocycles. The molecule has 2 atom stereocenters. The Morgan fingerprint density at radius 2 is 2.00 bits per heavy atom. The lowest BCUT2D eigenvalue weighted by Gasteiger charge is -2.30. The van der Waals surface area contributed by atoms with E-state index in [1.807, 2.05) is 0 Å². The van der Waals surface area contributed by atoms with Crippen LogP contribution in [0.2, 0.25) is 0 Å². The lowest BCUT2D eigenvalue weighted by molar-refractivity contribution is 0.0950. The molecule has 29 heavy (non-hydrogen) atoms. The Bertz CT molecular complexity index is 1160. The van der Waals surface area contributed by atoms with Gasteiger partial charge in [0.1, 0.15) is 5.65 Å². The van der Waals surface area contributed by atoms with Gasteiger partial charge in [-0.1, -0.05) is 12.1 Å². The van der Waals surface area contributed by atoms with E-state index >= 15 is 0 Å². The molecular formula is C20H21N5O3S. The number of pyridine rings is 1. The maximum Gasteiger partial charge on any atom is 0.253 e. The van der Waals surface area contributed by atoms with Crippen LogP contribution in [0, 0.1) is 5.92 Å². The Labute approximate surface area is 168 Å². The van der Waals surface area contributed by atoms with Crippen molar-refractivity contribution in [1.82, 2.24) is 24.3 Å². The highest BCUT2D eigenvalue weighted by Crippen LogP contribution is 2.28. The molecule has 2 aromatic heterocycles. The van der Waals surface area contributed by atoms with E-state index in [2.05, 4.69) is 15.6 Å². The number of carbonyl (C=O) groups excluding carboxylic acids is 1. The van der Waals surface area contributed by atoms with Gasteiger partial charge in [-0.2, -0.15) is 4.31 Å². The third kappa shape index (κ3) is 3.31. The van der Waals surface area contributed by atoms with Gasteiger partial charge in [-0.25, -0.2) is 13.4 Å². The summed E-state index contributed by atoms with van der Waals surface area (Å²) in [5.41, 5.74) is 2.15. The van der Waals surface area contributed by atoms with Crippen LogP contribution in [0.3, 0.4) is 0 Å². The third-order valence-corrected chi connectivity index (χ3v) is 7.56. The van der Waals surface area contributed by atoms with Gasteiger partial charge >= 0.3 is 0 Å². The molecule has 0 bridgehead atoms. The molecule has 150 valence electrons. The van der Waals surface area contributed by atoms with Crippen molar-refractivity contribution in [2.24, 2.45) is 5.92 Å². The summed E-state index contributed by atoms with van der Waals surface area (Å²) in [7, 11) is -3.47. The molecule has 8 nitrogen and oxygen atoms in total. The summed E-state index contributed by atoms with van der Waals surface area (Å²) in [6, 6.07) is 10.5. The molecule has 9 heteroatoms. The van der Waals surface area contributed by atoms with Gasteiger partial charge in [0, 0.05) is 56.7 Å². The lowest BCUT2D eigenvalue weighted by Crippen LogP contribution is -2.51. The molecule has 2 aliphatic heterocycles. The molecule has 0 aliphatic carbocycles. The van der Waals surface area contributed by atoms with E-state index in [9.17, 15) is 13.2 Å². The molecule has 2 saturated heterocycles. The summed E-state index contributed by atoms with van der Waals surface area (Å²) in [6.07, 6.45) is 5.19. The first kappa shape index (κ1) is 18.3. The van der Waals surface area contributed by atoms with Crippen LogP contribution in [-0.4, -0.2) is 53.7 Å². The number of hydrogen-bond donors (Lipinski definition) is 2. The molecule has 1 amide bonds. The summed E-state index contributed by atoms with van der Waals surface area (Å²) >= 11 is 0. The molecule has 2 N–H and O–H groups in total. The molecule has 2 fully saturated rings. The minimum atomic E-state index is -3.47. The Balaban J connectivity index is 1.24. The minimum Gasteiger partial charge on any atom is -0.348 e. The minimum absolute atomic E-state index is 0.197. The Morgan fingerprint density at radius 3 is 2.69 bits per heavy atom. The van der Waals surface area contributed by atoms with E-state index in [1.54, 1.807) is 63.7 Å². The SMILES string of the molecule is O=C(NCc1ccc(S(=O)(=O)N2CC3CNC3C2)cc1)c1ccc2nccn2c1. The van der Waals surface area contributed by atoms with Crippen molar-refractivity contribution in [2.45, 2.75) is 17.5 Å². The maximum absolute atomic E-state index is 12.8. The zero-order valence-corrected chi connectivity index (χ0v) is 16.5. The quantitative estimate of drug-likeness (QED) is 0.649. The second-order valence-corrected chi connectivity index (χ2v) is 9.47. The van der Waals surface area contributed by atoms with Gasteiger partial charge in [0.05, 0.1) is 10.5 Å². The summed E-state index contributed by atoms with van der Waals surface area (Å²) in [5.74, 6) is 0.234. The van der Waals surface area contributed by atoms with Crippen LogP contribution in [0.5, 0.6) is 0 Å². The first-order chi connectivity index (χ1) is 14.0. The largest absolute Gasteiger partial charge is 0.348 e. The number of rotatable bonds is 5. The Morgan fingerprint density at radius 1 is 1.17 bits per heavy atom. The highest BCUT2D eigenvalue weighted by Gasteiger charge is 2.43. The first-order valence-corrected chi connectivity index (χ1v) is 11.0. The van der Waals surface area contributed by atoms with Crippen molar-refractivity contribution in [3.05, 3.63) is 66.1 Å². The molecule has 1 aromatic carbocycles. The van der Waals surface area contributed by atoms with Gasteiger partial charge < -0.3 is 15.0 Å². The van der Waals surface area contributed by atoms with Crippen LogP contribution in [0.4, 0.5) is 0 Å². The number of amides is 1. The van der Waals surface area contributed by atoms with Crippen LogP contribution < -0.4 is 10.6 Å². The highest BCUT2D eigenvalue weighted by atomic mass is 32.2. The van der Waals surface area contributed by atoms with Crippen molar-refractivity contribution >= 4 is 21.6 Å². The van der Waals surface area contributed by atoms with Crippen molar-refractivity contribution in [3.63, 3.8) is 0 Å². The summed E-state index contributed by atoms with van der Waals surface area (Å²) in [5, 5.41) is 6.13. The second kappa shape index (κ2) is 6.94. The number of nitrogens with one attached hydrogen (secondary N) is 2. The van der Waals surface area contributed by atoms with Crippen LogP contribution in [0.1, 0.15) is 15.9 Å². The molecule has 2 aliphatic rings. The molecule has 0 spiro atoms. The second-order valence-electron chi connectivity index (χ2n) is 7.53. The van der Waals surface area contributed by atoms with Gasteiger partial charge in [0.25, 0.3) is 5.91 Å². The molecule has 5 rings (SSSR count).